The highest BCUT2D eigenvalue weighted by molar-refractivity contribution is 8.15. The van der Waals surface area contributed by atoms with E-state index in [1.807, 2.05) is 0 Å². The summed E-state index contributed by atoms with van der Waals surface area (Å²) in [5, 5.41) is 9.46. The highest BCUT2D eigenvalue weighted by Crippen LogP contribution is 2.74. The fraction of sp³-hybridized carbons (Fsp3) is 0.286. The number of aliphatic hydroxyl groups excluding tert-OH is 1. The van der Waals surface area contributed by atoms with Gasteiger partial charge in [-0.15, -0.1) is 0 Å². The Morgan fingerprint density at radius 3 is 2.71 bits per heavy atom. The number of nitrogens with two attached hydrogens (primary N) is 1. The number of halogens is 4. The van der Waals surface area contributed by atoms with Crippen LogP contribution in [0.3, 0.4) is 0 Å². The molecule has 0 radical (unpaired) electrons. The minimum absolute atomic E-state index is 0.0335. The average Bonchev–Trinajstić information content (AvgIpc) is 3.25. The number of benzene rings is 1. The topological polar surface area (TPSA) is 75.9 Å². The molecule has 1 aromatic carbocycles. The predicted octanol–water partition coefficient (Wildman–Crippen LogP) is 4.51. The van der Waals surface area contributed by atoms with E-state index in [1.165, 1.54) is 37.4 Å². The molecular weight excluding hydrogens is 432 g/mol. The number of fused-ring (bicyclic) bond motifs is 1. The third-order valence-electron chi connectivity index (χ3n) is 5.69. The van der Waals surface area contributed by atoms with Gasteiger partial charge in [0.2, 0.25) is 5.69 Å². The molecule has 4 rings (SSSR count). The molecule has 2 heterocycles. The second-order valence-corrected chi connectivity index (χ2v) is 8.90. The van der Waals surface area contributed by atoms with Gasteiger partial charge in [-0.2, -0.15) is 0 Å². The van der Waals surface area contributed by atoms with Gasteiger partial charge in [0, 0.05) is 11.8 Å². The molecule has 1 aliphatic heterocycles. The van der Waals surface area contributed by atoms with E-state index in [0.29, 0.717) is 11.8 Å². The van der Waals surface area contributed by atoms with Gasteiger partial charge in [0.1, 0.15) is 16.4 Å². The van der Waals surface area contributed by atoms with Gasteiger partial charge in [-0.1, -0.05) is 23.9 Å². The van der Waals surface area contributed by atoms with Crippen LogP contribution in [0.15, 0.2) is 41.5 Å². The molecule has 1 saturated carbocycles. The summed E-state index contributed by atoms with van der Waals surface area (Å²) in [4.78, 5) is 11.2. The van der Waals surface area contributed by atoms with Crippen LogP contribution < -0.4 is 5.73 Å². The molecule has 0 amide bonds. The van der Waals surface area contributed by atoms with Crippen LogP contribution in [0.5, 0.6) is 0 Å². The van der Waals surface area contributed by atoms with Crippen molar-refractivity contribution in [1.82, 2.24) is 4.98 Å². The van der Waals surface area contributed by atoms with Crippen LogP contribution in [-0.4, -0.2) is 32.5 Å². The number of aliphatic hydroxyl groups is 1. The largest absolute Gasteiger partial charge is 0.395 e. The Hall–Kier alpha value is -2.90. The summed E-state index contributed by atoms with van der Waals surface area (Å²) in [5.74, 6) is -6.33. The first kappa shape index (κ1) is 21.3. The molecule has 10 heteroatoms. The zero-order chi connectivity index (χ0) is 22.6. The third kappa shape index (κ3) is 3.11. The maximum Gasteiger partial charge on any atom is 0.272 e. The highest BCUT2D eigenvalue weighted by atomic mass is 32.2. The average molecular weight is 448 g/mol. The second-order valence-electron chi connectivity index (χ2n) is 7.55. The SMILES string of the molecule is [C-]#[N+]c1ccc(/C(F)=C/c2ccc(F)c([C@@]3(C)N=C(N)S[C@]4(CO)[C@H]3C4(F)F)c2)nc1. The van der Waals surface area contributed by atoms with Crippen LogP contribution in [0.2, 0.25) is 0 Å². The van der Waals surface area contributed by atoms with Gasteiger partial charge in [-0.25, -0.2) is 22.4 Å². The van der Waals surface area contributed by atoms with E-state index in [0.717, 1.165) is 12.1 Å². The molecule has 1 fully saturated rings. The maximum absolute atomic E-state index is 14.8. The fourth-order valence-corrected chi connectivity index (χ4v) is 5.51. The minimum atomic E-state index is -3.32. The van der Waals surface area contributed by atoms with Crippen molar-refractivity contribution in [2.75, 3.05) is 6.61 Å². The summed E-state index contributed by atoms with van der Waals surface area (Å²) in [7, 11) is 0. The van der Waals surface area contributed by atoms with Crippen molar-refractivity contribution in [2.24, 2.45) is 16.6 Å². The van der Waals surface area contributed by atoms with Crippen molar-refractivity contribution in [2.45, 2.75) is 23.1 Å². The van der Waals surface area contributed by atoms with Crippen molar-refractivity contribution in [3.63, 3.8) is 0 Å². The second kappa shape index (κ2) is 7.07. The Morgan fingerprint density at radius 1 is 1.35 bits per heavy atom. The van der Waals surface area contributed by atoms with Crippen molar-refractivity contribution in [1.29, 1.82) is 0 Å². The number of hydrogen-bond acceptors (Lipinski definition) is 5. The van der Waals surface area contributed by atoms with Gasteiger partial charge < -0.3 is 10.8 Å². The standard InChI is InChI=1S/C21H16F4N4OS/c1-19(17-20(10-30,21(17,24)25)31-18(26)29-19)13-7-11(3-5-14(13)22)8-15(23)16-6-4-12(27-2)9-28-16/h3-9,17,30H,10H2,1H3,(H2,26,29)/b15-8-/t17-,19+,20+/m0/s1. The first-order valence-corrected chi connectivity index (χ1v) is 9.95. The molecule has 0 bridgehead atoms. The van der Waals surface area contributed by atoms with Gasteiger partial charge in [0.15, 0.2) is 5.17 Å². The predicted molar refractivity (Wildman–Crippen MR) is 111 cm³/mol. The van der Waals surface area contributed by atoms with Crippen LogP contribution in [0.1, 0.15) is 23.7 Å². The lowest BCUT2D eigenvalue weighted by molar-refractivity contribution is 0.0685. The number of aromatic nitrogens is 1. The summed E-state index contributed by atoms with van der Waals surface area (Å²) < 4.78 is 56.9. The zero-order valence-corrected chi connectivity index (χ0v) is 16.9. The van der Waals surface area contributed by atoms with Gasteiger partial charge in [0.25, 0.3) is 5.92 Å². The number of rotatable bonds is 4. The quantitative estimate of drug-likeness (QED) is 0.533. The van der Waals surface area contributed by atoms with Crippen LogP contribution in [0.25, 0.3) is 16.7 Å². The smallest absolute Gasteiger partial charge is 0.272 e. The molecule has 0 unspecified atom stereocenters. The van der Waals surface area contributed by atoms with Crippen molar-refractivity contribution in [3.8, 4) is 0 Å². The highest BCUT2D eigenvalue weighted by Gasteiger charge is 2.87. The minimum Gasteiger partial charge on any atom is -0.395 e. The molecule has 1 aliphatic carbocycles. The van der Waals surface area contributed by atoms with Crippen LogP contribution >= 0.6 is 11.8 Å². The van der Waals surface area contributed by atoms with Gasteiger partial charge >= 0.3 is 0 Å². The number of nitrogens with zero attached hydrogens (tertiary/aromatic N) is 3. The summed E-state index contributed by atoms with van der Waals surface area (Å²) in [6, 6.07) is 6.31. The van der Waals surface area contributed by atoms with Gasteiger partial charge in [-0.05, 0) is 36.8 Å². The summed E-state index contributed by atoms with van der Waals surface area (Å²) in [5.41, 5.74) is 4.26. The first-order valence-electron chi connectivity index (χ1n) is 9.13. The molecule has 2 aliphatic rings. The van der Waals surface area contributed by atoms with Crippen LogP contribution in [0.4, 0.5) is 23.2 Å². The fourth-order valence-electron chi connectivity index (χ4n) is 4.15. The van der Waals surface area contributed by atoms with Crippen molar-refractivity contribution in [3.05, 3.63) is 70.6 Å². The molecule has 5 nitrogen and oxygen atoms in total. The van der Waals surface area contributed by atoms with E-state index in [2.05, 4.69) is 14.8 Å². The Balaban J connectivity index is 1.76. The third-order valence-corrected chi connectivity index (χ3v) is 6.99. The lowest BCUT2D eigenvalue weighted by Crippen LogP contribution is -2.37. The number of alkyl halides is 2. The molecule has 160 valence electrons. The molecule has 0 spiro atoms. The Bertz CT molecular complexity index is 1160. The normalized spacial score (nSPS) is 29.0. The van der Waals surface area contributed by atoms with Gasteiger partial charge in [-0.3, -0.25) is 9.98 Å². The van der Waals surface area contributed by atoms with E-state index in [-0.39, 0.29) is 27.7 Å². The number of amidine groups is 1. The molecule has 3 N–H and O–H groups in total. The number of aliphatic imine (C=N–C) groups is 1. The number of pyridine rings is 1. The molecular formula is C21H16F4N4OS. The van der Waals surface area contributed by atoms with E-state index >= 15 is 0 Å². The first-order chi connectivity index (χ1) is 14.6. The summed E-state index contributed by atoms with van der Waals surface area (Å²) >= 11 is 0.592. The molecule has 1 aromatic heterocycles. The molecule has 0 saturated heterocycles. The van der Waals surface area contributed by atoms with E-state index in [1.54, 1.807) is 0 Å². The van der Waals surface area contributed by atoms with E-state index < -0.39 is 40.4 Å². The monoisotopic (exact) mass is 448 g/mol. The van der Waals surface area contributed by atoms with Crippen molar-refractivity contribution < 1.29 is 22.7 Å². The molecule has 2 aromatic rings. The van der Waals surface area contributed by atoms with E-state index in [9.17, 15) is 22.7 Å². The molecule has 31 heavy (non-hydrogen) atoms. The Morgan fingerprint density at radius 2 is 2.10 bits per heavy atom. The Kier molecular flexibility index (Phi) is 4.87. The summed E-state index contributed by atoms with van der Waals surface area (Å²) in [6.45, 7) is 7.39. The zero-order valence-electron chi connectivity index (χ0n) is 16.1. The van der Waals surface area contributed by atoms with Crippen LogP contribution in [0, 0.1) is 18.3 Å². The lowest BCUT2D eigenvalue weighted by atomic mass is 9.84. The number of hydrogen-bond donors (Lipinski definition) is 2. The lowest BCUT2D eigenvalue weighted by Gasteiger charge is -2.32. The number of thioether (sulfide) groups is 1. The van der Waals surface area contributed by atoms with Gasteiger partial charge in [0.05, 0.1) is 30.3 Å². The van der Waals surface area contributed by atoms with E-state index in [4.69, 9.17) is 12.3 Å². The Labute approximate surface area is 179 Å². The summed E-state index contributed by atoms with van der Waals surface area (Å²) in [6.07, 6.45) is 2.30. The molecule has 3 atom stereocenters. The van der Waals surface area contributed by atoms with Crippen LogP contribution in [-0.2, 0) is 5.54 Å². The maximum atomic E-state index is 14.8. The van der Waals surface area contributed by atoms with Crippen molar-refractivity contribution >= 4 is 34.5 Å².